The number of carbonyl (C=O) groups excluding carboxylic acids is 4. The molecule has 0 saturated heterocycles. The Hall–Kier alpha value is -2.73. The second kappa shape index (κ2) is 13.6. The highest BCUT2D eigenvalue weighted by Crippen LogP contribution is 2.13. The first-order chi connectivity index (χ1) is 14.8. The van der Waals surface area contributed by atoms with Gasteiger partial charge in [0, 0.05) is 0 Å². The van der Waals surface area contributed by atoms with Crippen LogP contribution in [0, 0.1) is 11.8 Å². The maximum Gasteiger partial charge on any atom is 0.326 e. The molecule has 0 aromatic carbocycles. The standard InChI is InChI=1S/C20H37N5O7/c1-6-9(3)15(18(29)23-12(20(31)32)8-13(21)27)25-19(30)16(10(4)7-2)24-17(28)14(22)11(5)26/h9-12,14-16,26H,6-8,22H2,1-5H3,(H2,21,27)(H,23,29)(H,24,28)(H,25,30)(H,31,32). The third kappa shape index (κ3) is 9.18. The minimum Gasteiger partial charge on any atom is -0.480 e. The van der Waals surface area contributed by atoms with E-state index in [4.69, 9.17) is 11.5 Å². The Labute approximate surface area is 187 Å². The minimum absolute atomic E-state index is 0.331. The highest BCUT2D eigenvalue weighted by Gasteiger charge is 2.35. The number of aliphatic hydroxyl groups excluding tert-OH is 1. The molecule has 0 spiro atoms. The van der Waals surface area contributed by atoms with E-state index in [0.717, 1.165) is 0 Å². The van der Waals surface area contributed by atoms with Crippen molar-refractivity contribution in [2.75, 3.05) is 0 Å². The van der Waals surface area contributed by atoms with Crippen molar-refractivity contribution in [3.63, 3.8) is 0 Å². The summed E-state index contributed by atoms with van der Waals surface area (Å²) < 4.78 is 0. The van der Waals surface area contributed by atoms with Gasteiger partial charge in [0.15, 0.2) is 0 Å². The van der Waals surface area contributed by atoms with Gasteiger partial charge >= 0.3 is 5.97 Å². The Bertz CT molecular complexity index is 685. The second-order valence-corrected chi connectivity index (χ2v) is 8.08. The van der Waals surface area contributed by atoms with Crippen molar-refractivity contribution in [1.29, 1.82) is 0 Å². The molecule has 7 unspecified atom stereocenters. The van der Waals surface area contributed by atoms with Crippen LogP contribution in [0.5, 0.6) is 0 Å². The maximum atomic E-state index is 13.0. The quantitative estimate of drug-likeness (QED) is 0.157. The molecule has 0 aliphatic carbocycles. The molecule has 32 heavy (non-hydrogen) atoms. The number of amides is 4. The Morgan fingerprint density at radius 2 is 1.22 bits per heavy atom. The van der Waals surface area contributed by atoms with Gasteiger partial charge in [0.2, 0.25) is 23.6 Å². The van der Waals surface area contributed by atoms with E-state index in [1.165, 1.54) is 6.92 Å². The highest BCUT2D eigenvalue weighted by molar-refractivity contribution is 5.95. The Morgan fingerprint density at radius 1 is 0.812 bits per heavy atom. The second-order valence-electron chi connectivity index (χ2n) is 8.08. The summed E-state index contributed by atoms with van der Waals surface area (Å²) in [5.74, 6) is -5.25. The summed E-state index contributed by atoms with van der Waals surface area (Å²) in [5.41, 5.74) is 10.7. The number of hydrogen-bond donors (Lipinski definition) is 7. The van der Waals surface area contributed by atoms with Gasteiger partial charge in [-0.15, -0.1) is 0 Å². The van der Waals surface area contributed by atoms with Crippen molar-refractivity contribution in [3.05, 3.63) is 0 Å². The summed E-state index contributed by atoms with van der Waals surface area (Å²) in [6.07, 6.45) is -0.751. The molecule has 0 aliphatic rings. The number of nitrogens with one attached hydrogen (secondary N) is 3. The number of carboxylic acid groups (broad SMARTS) is 1. The van der Waals surface area contributed by atoms with Crippen molar-refractivity contribution in [3.8, 4) is 0 Å². The maximum absolute atomic E-state index is 13.0. The largest absolute Gasteiger partial charge is 0.480 e. The lowest BCUT2D eigenvalue weighted by atomic mass is 9.94. The number of nitrogens with two attached hydrogens (primary N) is 2. The summed E-state index contributed by atoms with van der Waals surface area (Å²) in [4.78, 5) is 60.5. The molecule has 0 fully saturated rings. The molecule has 12 heteroatoms. The molecule has 9 N–H and O–H groups in total. The summed E-state index contributed by atoms with van der Waals surface area (Å²) >= 11 is 0. The predicted molar refractivity (Wildman–Crippen MR) is 116 cm³/mol. The number of aliphatic hydroxyl groups is 1. The van der Waals surface area contributed by atoms with Crippen LogP contribution in [0.3, 0.4) is 0 Å². The van der Waals surface area contributed by atoms with Gasteiger partial charge in [-0.3, -0.25) is 19.2 Å². The molecule has 0 bridgehead atoms. The lowest BCUT2D eigenvalue weighted by Gasteiger charge is -2.30. The highest BCUT2D eigenvalue weighted by atomic mass is 16.4. The molecule has 184 valence electrons. The van der Waals surface area contributed by atoms with Crippen LogP contribution < -0.4 is 27.4 Å². The van der Waals surface area contributed by atoms with Gasteiger partial charge in [-0.1, -0.05) is 40.5 Å². The van der Waals surface area contributed by atoms with Crippen LogP contribution in [0.4, 0.5) is 0 Å². The van der Waals surface area contributed by atoms with Crippen molar-refractivity contribution in [1.82, 2.24) is 16.0 Å². The van der Waals surface area contributed by atoms with Crippen LogP contribution in [-0.2, 0) is 24.0 Å². The van der Waals surface area contributed by atoms with E-state index in [2.05, 4.69) is 16.0 Å². The van der Waals surface area contributed by atoms with E-state index in [9.17, 15) is 34.2 Å². The van der Waals surface area contributed by atoms with Crippen LogP contribution >= 0.6 is 0 Å². The zero-order valence-corrected chi connectivity index (χ0v) is 19.3. The van der Waals surface area contributed by atoms with Gasteiger partial charge < -0.3 is 37.6 Å². The molecule has 7 atom stereocenters. The van der Waals surface area contributed by atoms with Crippen molar-refractivity contribution < 1.29 is 34.2 Å². The van der Waals surface area contributed by atoms with E-state index < -0.39 is 72.2 Å². The number of carbonyl (C=O) groups is 5. The Kier molecular flexibility index (Phi) is 12.5. The summed E-state index contributed by atoms with van der Waals surface area (Å²) in [7, 11) is 0. The molecule has 0 heterocycles. The molecule has 0 radical (unpaired) electrons. The number of primary amides is 1. The first kappa shape index (κ1) is 29.3. The van der Waals surface area contributed by atoms with Gasteiger partial charge in [-0.2, -0.15) is 0 Å². The molecule has 0 aromatic heterocycles. The van der Waals surface area contributed by atoms with Crippen LogP contribution in [0.15, 0.2) is 0 Å². The summed E-state index contributed by atoms with van der Waals surface area (Å²) in [6, 6.07) is -4.96. The van der Waals surface area contributed by atoms with E-state index in [1.807, 2.05) is 6.92 Å². The van der Waals surface area contributed by atoms with Gasteiger partial charge in [0.05, 0.1) is 12.5 Å². The molecule has 0 aromatic rings. The van der Waals surface area contributed by atoms with Crippen LogP contribution in [-0.4, -0.2) is 70.1 Å². The minimum atomic E-state index is -1.54. The molecule has 12 nitrogen and oxygen atoms in total. The van der Waals surface area contributed by atoms with E-state index in [-0.39, 0.29) is 5.92 Å². The number of carboxylic acids is 1. The zero-order valence-electron chi connectivity index (χ0n) is 19.3. The zero-order chi connectivity index (χ0) is 25.2. The van der Waals surface area contributed by atoms with Crippen molar-refractivity contribution >= 4 is 29.6 Å². The molecule has 0 saturated carbocycles. The lowest BCUT2D eigenvalue weighted by Crippen LogP contribution is -2.60. The molecule has 0 rings (SSSR count). The monoisotopic (exact) mass is 459 g/mol. The topological polar surface area (TPSA) is 214 Å². The smallest absolute Gasteiger partial charge is 0.326 e. The van der Waals surface area contributed by atoms with Gasteiger partial charge in [0.1, 0.15) is 24.2 Å². The van der Waals surface area contributed by atoms with E-state index >= 15 is 0 Å². The van der Waals surface area contributed by atoms with Crippen LogP contribution in [0.2, 0.25) is 0 Å². The van der Waals surface area contributed by atoms with Gasteiger partial charge in [0.25, 0.3) is 0 Å². The van der Waals surface area contributed by atoms with E-state index in [1.54, 1.807) is 20.8 Å². The van der Waals surface area contributed by atoms with E-state index in [0.29, 0.717) is 12.8 Å². The van der Waals surface area contributed by atoms with Crippen molar-refractivity contribution in [2.24, 2.45) is 23.3 Å². The lowest BCUT2D eigenvalue weighted by molar-refractivity contribution is -0.144. The van der Waals surface area contributed by atoms with Crippen LogP contribution in [0.25, 0.3) is 0 Å². The fourth-order valence-electron chi connectivity index (χ4n) is 2.78. The normalized spacial score (nSPS) is 17.6. The molecule has 0 aliphatic heterocycles. The fraction of sp³-hybridized carbons (Fsp3) is 0.750. The number of hydrogen-bond acceptors (Lipinski definition) is 7. The molecular weight excluding hydrogens is 422 g/mol. The predicted octanol–water partition coefficient (Wildman–Crippen LogP) is -1.80. The average Bonchev–Trinajstić information content (AvgIpc) is 2.72. The number of aliphatic carboxylic acids is 1. The third-order valence-electron chi connectivity index (χ3n) is 5.43. The summed E-state index contributed by atoms with van der Waals surface area (Å²) in [5, 5.41) is 26.1. The third-order valence-corrected chi connectivity index (χ3v) is 5.43. The fourth-order valence-corrected chi connectivity index (χ4v) is 2.78. The molecule has 4 amide bonds. The molecular formula is C20H37N5O7. The SMILES string of the molecule is CCC(C)C(NC(=O)C(N)C(C)O)C(=O)NC(C(=O)NC(CC(N)=O)C(=O)O)C(C)CC. The Balaban J connectivity index is 5.65. The van der Waals surface area contributed by atoms with Gasteiger partial charge in [-0.25, -0.2) is 4.79 Å². The van der Waals surface area contributed by atoms with Gasteiger partial charge in [-0.05, 0) is 18.8 Å². The van der Waals surface area contributed by atoms with Crippen molar-refractivity contribution in [2.45, 2.75) is 84.2 Å². The summed E-state index contributed by atoms with van der Waals surface area (Å²) in [6.45, 7) is 8.35. The first-order valence-electron chi connectivity index (χ1n) is 10.6. The first-order valence-corrected chi connectivity index (χ1v) is 10.6. The Morgan fingerprint density at radius 3 is 1.56 bits per heavy atom. The number of rotatable bonds is 14. The average molecular weight is 460 g/mol. The van der Waals surface area contributed by atoms with Crippen LogP contribution in [0.1, 0.15) is 53.9 Å².